The lowest BCUT2D eigenvalue weighted by Gasteiger charge is -2.53. The first kappa shape index (κ1) is 16.7. The number of pyridine rings is 1. The molecule has 4 heterocycles. The van der Waals surface area contributed by atoms with Crippen molar-refractivity contribution in [1.82, 2.24) is 19.7 Å². The van der Waals surface area contributed by atoms with E-state index >= 15 is 0 Å². The van der Waals surface area contributed by atoms with Gasteiger partial charge in [0.15, 0.2) is 0 Å². The van der Waals surface area contributed by atoms with Gasteiger partial charge in [0.05, 0.1) is 35.4 Å². The van der Waals surface area contributed by atoms with Crippen LogP contribution in [-0.2, 0) is 29.7 Å². The van der Waals surface area contributed by atoms with Gasteiger partial charge in [0.2, 0.25) is 0 Å². The van der Waals surface area contributed by atoms with Crippen LogP contribution in [0.4, 0.5) is 0 Å². The summed E-state index contributed by atoms with van der Waals surface area (Å²) in [4.78, 5) is 6.76. The van der Waals surface area contributed by atoms with E-state index in [4.69, 9.17) is 9.47 Å². The van der Waals surface area contributed by atoms with Crippen LogP contribution in [0.2, 0.25) is 0 Å². The second kappa shape index (κ2) is 6.86. The molecule has 2 aromatic rings. The van der Waals surface area contributed by atoms with E-state index in [0.29, 0.717) is 6.61 Å². The fraction of sp³-hybridized carbons (Fsp3) is 0.579. The maximum absolute atomic E-state index is 6.13. The number of nitrogens with zero attached hydrogens (tertiary/aromatic N) is 4. The SMILES string of the molecule is Cc1cc(CN2CC3(CC(OCc4ccccn4)CCO3)C2)n(C)n1. The lowest BCUT2D eigenvalue weighted by Crippen LogP contribution is -2.65. The molecule has 0 amide bonds. The van der Waals surface area contributed by atoms with E-state index in [2.05, 4.69) is 21.0 Å². The molecule has 1 unspecified atom stereocenters. The van der Waals surface area contributed by atoms with Crippen LogP contribution in [0.15, 0.2) is 30.5 Å². The molecule has 6 heteroatoms. The van der Waals surface area contributed by atoms with Crippen molar-refractivity contribution in [3.63, 3.8) is 0 Å². The van der Waals surface area contributed by atoms with Crippen molar-refractivity contribution in [3.8, 4) is 0 Å². The van der Waals surface area contributed by atoms with Crippen molar-refractivity contribution >= 4 is 0 Å². The summed E-state index contributed by atoms with van der Waals surface area (Å²) in [5, 5.41) is 4.42. The van der Waals surface area contributed by atoms with Crippen molar-refractivity contribution in [2.24, 2.45) is 7.05 Å². The Morgan fingerprint density at radius 3 is 2.96 bits per heavy atom. The summed E-state index contributed by atoms with van der Waals surface area (Å²) >= 11 is 0. The van der Waals surface area contributed by atoms with Crippen molar-refractivity contribution in [2.75, 3.05) is 19.7 Å². The van der Waals surface area contributed by atoms with Gasteiger partial charge < -0.3 is 9.47 Å². The highest BCUT2D eigenvalue weighted by molar-refractivity contribution is 5.11. The van der Waals surface area contributed by atoms with Gasteiger partial charge in [-0.25, -0.2) is 0 Å². The van der Waals surface area contributed by atoms with Gasteiger partial charge >= 0.3 is 0 Å². The first-order chi connectivity index (χ1) is 12.1. The Morgan fingerprint density at radius 2 is 2.24 bits per heavy atom. The van der Waals surface area contributed by atoms with E-state index in [1.165, 1.54) is 5.69 Å². The topological polar surface area (TPSA) is 52.4 Å². The molecule has 25 heavy (non-hydrogen) atoms. The van der Waals surface area contributed by atoms with Gasteiger partial charge in [-0.3, -0.25) is 14.6 Å². The monoisotopic (exact) mass is 342 g/mol. The van der Waals surface area contributed by atoms with Gasteiger partial charge in [0.25, 0.3) is 0 Å². The van der Waals surface area contributed by atoms with Crippen molar-refractivity contribution in [1.29, 1.82) is 0 Å². The molecule has 0 aliphatic carbocycles. The zero-order valence-electron chi connectivity index (χ0n) is 15.0. The molecule has 2 aromatic heterocycles. The van der Waals surface area contributed by atoms with Gasteiger partial charge in [0, 0.05) is 45.9 Å². The fourth-order valence-corrected chi connectivity index (χ4v) is 3.95. The molecule has 0 aromatic carbocycles. The maximum Gasteiger partial charge on any atom is 0.0959 e. The molecule has 0 bridgehead atoms. The van der Waals surface area contributed by atoms with E-state index in [9.17, 15) is 0 Å². The van der Waals surface area contributed by atoms with Gasteiger partial charge in [-0.1, -0.05) is 6.07 Å². The van der Waals surface area contributed by atoms with Crippen LogP contribution in [0.5, 0.6) is 0 Å². The molecular weight excluding hydrogens is 316 g/mol. The highest BCUT2D eigenvalue weighted by Crippen LogP contribution is 2.36. The number of rotatable bonds is 5. The van der Waals surface area contributed by atoms with Crippen LogP contribution in [0.1, 0.15) is 29.9 Å². The van der Waals surface area contributed by atoms with Gasteiger partial charge in [0.1, 0.15) is 0 Å². The molecule has 0 N–H and O–H groups in total. The molecule has 1 atom stereocenters. The Morgan fingerprint density at radius 1 is 1.36 bits per heavy atom. The van der Waals surface area contributed by atoms with Crippen LogP contribution in [0, 0.1) is 6.92 Å². The van der Waals surface area contributed by atoms with E-state index in [1.807, 2.05) is 43.0 Å². The Bertz CT molecular complexity index is 709. The van der Waals surface area contributed by atoms with Crippen LogP contribution in [0.3, 0.4) is 0 Å². The van der Waals surface area contributed by atoms with Crippen LogP contribution >= 0.6 is 0 Å². The molecule has 1 spiro atoms. The second-order valence-corrected chi connectivity index (χ2v) is 7.32. The fourth-order valence-electron chi connectivity index (χ4n) is 3.95. The Labute approximate surface area is 148 Å². The highest BCUT2D eigenvalue weighted by Gasteiger charge is 2.47. The summed E-state index contributed by atoms with van der Waals surface area (Å²) in [6.07, 6.45) is 4.02. The predicted octanol–water partition coefficient (Wildman–Crippen LogP) is 2.07. The van der Waals surface area contributed by atoms with Crippen molar-refractivity contribution < 1.29 is 9.47 Å². The summed E-state index contributed by atoms with van der Waals surface area (Å²) in [5.41, 5.74) is 3.29. The second-order valence-electron chi connectivity index (χ2n) is 7.32. The molecule has 2 fully saturated rings. The summed E-state index contributed by atoms with van der Waals surface area (Å²) in [7, 11) is 2.01. The summed E-state index contributed by atoms with van der Waals surface area (Å²) in [5.74, 6) is 0. The highest BCUT2D eigenvalue weighted by atomic mass is 16.5. The summed E-state index contributed by atoms with van der Waals surface area (Å²) in [6, 6.07) is 8.10. The first-order valence-electron chi connectivity index (χ1n) is 8.99. The molecule has 4 rings (SSSR count). The zero-order chi connectivity index (χ0) is 17.3. The summed E-state index contributed by atoms with van der Waals surface area (Å²) in [6.45, 7) is 6.28. The van der Waals surface area contributed by atoms with Crippen LogP contribution in [-0.4, -0.2) is 51.1 Å². The summed E-state index contributed by atoms with van der Waals surface area (Å²) < 4.78 is 14.2. The minimum atomic E-state index is -0.0271. The first-order valence-corrected chi connectivity index (χ1v) is 8.99. The minimum absolute atomic E-state index is 0.0271. The molecular formula is C19H26N4O2. The molecule has 2 aliphatic rings. The third kappa shape index (κ3) is 3.76. The van der Waals surface area contributed by atoms with Gasteiger partial charge in [-0.2, -0.15) is 5.10 Å². The number of aryl methyl sites for hydroxylation is 2. The number of ether oxygens (including phenoxy) is 2. The molecule has 0 saturated carbocycles. The average molecular weight is 342 g/mol. The molecule has 2 aliphatic heterocycles. The number of hydrogen-bond acceptors (Lipinski definition) is 5. The van der Waals surface area contributed by atoms with E-state index in [-0.39, 0.29) is 11.7 Å². The third-order valence-corrected chi connectivity index (χ3v) is 5.15. The maximum atomic E-state index is 6.13. The normalized spacial score (nSPS) is 22.9. The Hall–Kier alpha value is -1.76. The van der Waals surface area contributed by atoms with E-state index in [0.717, 1.165) is 50.5 Å². The average Bonchev–Trinajstić information content (AvgIpc) is 2.90. The van der Waals surface area contributed by atoms with Crippen LogP contribution in [0.25, 0.3) is 0 Å². The number of likely N-dealkylation sites (tertiary alicyclic amines) is 1. The van der Waals surface area contributed by atoms with Crippen LogP contribution < -0.4 is 0 Å². The molecule has 6 nitrogen and oxygen atoms in total. The lowest BCUT2D eigenvalue weighted by atomic mass is 9.84. The zero-order valence-corrected chi connectivity index (χ0v) is 15.0. The van der Waals surface area contributed by atoms with Gasteiger partial charge in [-0.15, -0.1) is 0 Å². The number of aromatic nitrogens is 3. The molecule has 0 radical (unpaired) electrons. The smallest absolute Gasteiger partial charge is 0.0959 e. The molecule has 2 saturated heterocycles. The quantitative estimate of drug-likeness (QED) is 0.833. The third-order valence-electron chi connectivity index (χ3n) is 5.15. The Kier molecular flexibility index (Phi) is 4.58. The number of hydrogen-bond donors (Lipinski definition) is 0. The van der Waals surface area contributed by atoms with Gasteiger partial charge in [-0.05, 0) is 31.5 Å². The standard InChI is InChI=1S/C19H26N4O2/c1-15-9-17(22(2)21-15)11-23-13-19(14-23)10-18(6-8-25-19)24-12-16-5-3-4-7-20-16/h3-5,7,9,18H,6,8,10-14H2,1-2H3. The molecule has 134 valence electrons. The van der Waals surface area contributed by atoms with Crippen molar-refractivity contribution in [2.45, 2.75) is 44.6 Å². The van der Waals surface area contributed by atoms with E-state index in [1.54, 1.807) is 0 Å². The minimum Gasteiger partial charge on any atom is -0.372 e. The van der Waals surface area contributed by atoms with Crippen molar-refractivity contribution in [3.05, 3.63) is 47.5 Å². The Balaban J connectivity index is 1.28. The lowest BCUT2D eigenvalue weighted by molar-refractivity contribution is -0.201. The van der Waals surface area contributed by atoms with E-state index < -0.39 is 0 Å². The largest absolute Gasteiger partial charge is 0.372 e. The predicted molar refractivity (Wildman–Crippen MR) is 94.0 cm³/mol.